The lowest BCUT2D eigenvalue weighted by Crippen LogP contribution is -2.12. The molecule has 2 rings (SSSR count). The van der Waals surface area contributed by atoms with E-state index in [1.165, 1.54) is 25.3 Å². The quantitative estimate of drug-likeness (QED) is 0.578. The Morgan fingerprint density at radius 2 is 2.11 bits per heavy atom. The second kappa shape index (κ2) is 5.44. The van der Waals surface area contributed by atoms with E-state index in [9.17, 15) is 8.78 Å². The number of nitrogens with two attached hydrogens (primary N) is 1. The average molecular weight is 267 g/mol. The number of ether oxygens (including phenoxy) is 1. The molecular formula is C11H11F2N5O. The molecule has 0 spiro atoms. The van der Waals surface area contributed by atoms with Crippen molar-refractivity contribution in [3.8, 4) is 5.75 Å². The van der Waals surface area contributed by atoms with Crippen molar-refractivity contribution in [3.63, 3.8) is 0 Å². The van der Waals surface area contributed by atoms with Crippen LogP contribution in [-0.4, -0.2) is 17.1 Å². The van der Waals surface area contributed by atoms with Crippen LogP contribution in [0.3, 0.4) is 0 Å². The van der Waals surface area contributed by atoms with Gasteiger partial charge in [-0.2, -0.15) is 4.98 Å². The Kier molecular flexibility index (Phi) is 3.71. The second-order valence-corrected chi connectivity index (χ2v) is 3.50. The summed E-state index contributed by atoms with van der Waals surface area (Å²) in [5, 5.41) is 2.68. The number of hydrogen-bond acceptors (Lipinski definition) is 6. The zero-order valence-corrected chi connectivity index (χ0v) is 9.95. The number of nitrogens with one attached hydrogen (secondary N) is 2. The summed E-state index contributed by atoms with van der Waals surface area (Å²) in [6.07, 6.45) is 0.959. The first-order valence-electron chi connectivity index (χ1n) is 5.23. The minimum atomic E-state index is -0.676. The molecule has 0 saturated carbocycles. The Bertz CT molecular complexity index is 593. The molecule has 6 nitrogen and oxygen atoms in total. The molecule has 8 heteroatoms. The lowest BCUT2D eigenvalue weighted by molar-refractivity contribution is 0.413. The number of halogens is 2. The maximum atomic E-state index is 13.5. The summed E-state index contributed by atoms with van der Waals surface area (Å²) in [4.78, 5) is 7.40. The smallest absolute Gasteiger partial charge is 0.239 e. The van der Waals surface area contributed by atoms with E-state index < -0.39 is 11.6 Å². The summed E-state index contributed by atoms with van der Waals surface area (Å²) in [5.41, 5.74) is 2.56. The number of methoxy groups -OCH3 is 1. The standard InChI is InChI=1S/C11H11F2N5O/c1-19-9-4-6(12)2-3-8(9)16-10-7(13)5-15-11(17-10)18-14/h2-5H,14H2,1H3,(H2,15,16,17,18). The normalized spacial score (nSPS) is 10.1. The fourth-order valence-corrected chi connectivity index (χ4v) is 1.42. The summed E-state index contributed by atoms with van der Waals surface area (Å²) in [6, 6.07) is 3.79. The van der Waals surface area contributed by atoms with E-state index in [-0.39, 0.29) is 17.5 Å². The van der Waals surface area contributed by atoms with Gasteiger partial charge in [-0.3, -0.25) is 5.43 Å². The third-order valence-electron chi connectivity index (χ3n) is 2.29. The van der Waals surface area contributed by atoms with Crippen LogP contribution in [0, 0.1) is 11.6 Å². The Labute approximate surface area is 107 Å². The first-order valence-corrected chi connectivity index (χ1v) is 5.23. The predicted molar refractivity (Wildman–Crippen MR) is 66.0 cm³/mol. The van der Waals surface area contributed by atoms with Crippen molar-refractivity contribution in [2.75, 3.05) is 17.9 Å². The van der Waals surface area contributed by atoms with E-state index in [2.05, 4.69) is 20.7 Å². The van der Waals surface area contributed by atoms with Crippen LogP contribution in [0.15, 0.2) is 24.4 Å². The van der Waals surface area contributed by atoms with E-state index in [0.29, 0.717) is 5.69 Å². The summed E-state index contributed by atoms with van der Waals surface area (Å²) < 4.78 is 31.6. The molecule has 0 aliphatic rings. The molecule has 0 fully saturated rings. The molecule has 0 amide bonds. The first kappa shape index (κ1) is 13.0. The molecule has 1 aromatic heterocycles. The van der Waals surface area contributed by atoms with Gasteiger partial charge in [-0.05, 0) is 12.1 Å². The summed E-state index contributed by atoms with van der Waals surface area (Å²) in [7, 11) is 1.38. The molecule has 0 saturated heterocycles. The molecule has 0 aliphatic carbocycles. The number of nitrogen functional groups attached to an aromatic ring is 1. The van der Waals surface area contributed by atoms with Crippen LogP contribution in [0.25, 0.3) is 0 Å². The minimum Gasteiger partial charge on any atom is -0.494 e. The Balaban J connectivity index is 2.35. The topological polar surface area (TPSA) is 85.1 Å². The zero-order chi connectivity index (χ0) is 13.8. The van der Waals surface area contributed by atoms with Crippen LogP contribution in [0.1, 0.15) is 0 Å². The van der Waals surface area contributed by atoms with Crippen molar-refractivity contribution in [2.24, 2.45) is 5.84 Å². The highest BCUT2D eigenvalue weighted by molar-refractivity contribution is 5.64. The molecule has 2 aromatic rings. The number of rotatable bonds is 4. The second-order valence-electron chi connectivity index (χ2n) is 3.50. The van der Waals surface area contributed by atoms with E-state index >= 15 is 0 Å². The van der Waals surface area contributed by atoms with Crippen LogP contribution < -0.4 is 21.3 Å². The largest absolute Gasteiger partial charge is 0.494 e. The summed E-state index contributed by atoms with van der Waals surface area (Å²) >= 11 is 0. The van der Waals surface area contributed by atoms with E-state index in [4.69, 9.17) is 10.6 Å². The Morgan fingerprint density at radius 3 is 2.79 bits per heavy atom. The van der Waals surface area contributed by atoms with Gasteiger partial charge in [0.15, 0.2) is 11.6 Å². The molecule has 0 aliphatic heterocycles. The van der Waals surface area contributed by atoms with Crippen LogP contribution >= 0.6 is 0 Å². The number of aromatic nitrogens is 2. The molecule has 100 valence electrons. The van der Waals surface area contributed by atoms with Crippen LogP contribution in [0.2, 0.25) is 0 Å². The zero-order valence-electron chi connectivity index (χ0n) is 9.95. The number of benzene rings is 1. The molecular weight excluding hydrogens is 256 g/mol. The predicted octanol–water partition coefficient (Wildman–Crippen LogP) is 1.79. The van der Waals surface area contributed by atoms with Gasteiger partial charge < -0.3 is 10.1 Å². The van der Waals surface area contributed by atoms with E-state index in [1.807, 2.05) is 0 Å². The SMILES string of the molecule is COc1cc(F)ccc1Nc1nc(NN)ncc1F. The van der Waals surface area contributed by atoms with Gasteiger partial charge in [0.05, 0.1) is 19.0 Å². The van der Waals surface area contributed by atoms with Crippen molar-refractivity contribution in [1.82, 2.24) is 9.97 Å². The highest BCUT2D eigenvalue weighted by Gasteiger charge is 2.10. The van der Waals surface area contributed by atoms with Gasteiger partial charge in [-0.1, -0.05) is 0 Å². The number of anilines is 3. The Hall–Kier alpha value is -2.48. The van der Waals surface area contributed by atoms with E-state index in [1.54, 1.807) is 0 Å². The molecule has 0 bridgehead atoms. The third-order valence-corrected chi connectivity index (χ3v) is 2.29. The molecule has 4 N–H and O–H groups in total. The average Bonchev–Trinajstić information content (AvgIpc) is 2.43. The minimum absolute atomic E-state index is 0.0463. The van der Waals surface area contributed by atoms with Gasteiger partial charge in [-0.15, -0.1) is 0 Å². The number of nitrogens with zero attached hydrogens (tertiary/aromatic N) is 2. The molecule has 0 radical (unpaired) electrons. The number of hydrogen-bond donors (Lipinski definition) is 3. The maximum Gasteiger partial charge on any atom is 0.239 e. The van der Waals surface area contributed by atoms with Gasteiger partial charge in [0, 0.05) is 6.07 Å². The van der Waals surface area contributed by atoms with Gasteiger partial charge in [0.25, 0.3) is 0 Å². The van der Waals surface area contributed by atoms with Gasteiger partial charge in [0.1, 0.15) is 11.6 Å². The molecule has 0 atom stereocenters. The summed E-state index contributed by atoms with van der Waals surface area (Å²) in [5.74, 6) is 4.16. The van der Waals surface area contributed by atoms with Crippen LogP contribution in [-0.2, 0) is 0 Å². The number of hydrazine groups is 1. The third kappa shape index (κ3) is 2.86. The van der Waals surface area contributed by atoms with Crippen molar-refractivity contribution in [1.29, 1.82) is 0 Å². The van der Waals surface area contributed by atoms with Crippen molar-refractivity contribution < 1.29 is 13.5 Å². The molecule has 19 heavy (non-hydrogen) atoms. The highest BCUT2D eigenvalue weighted by atomic mass is 19.1. The van der Waals surface area contributed by atoms with Crippen molar-refractivity contribution in [2.45, 2.75) is 0 Å². The first-order chi connectivity index (χ1) is 9.13. The van der Waals surface area contributed by atoms with Crippen LogP contribution in [0.4, 0.5) is 26.2 Å². The lowest BCUT2D eigenvalue weighted by Gasteiger charge is -2.11. The van der Waals surface area contributed by atoms with E-state index in [0.717, 1.165) is 6.20 Å². The summed E-state index contributed by atoms with van der Waals surface area (Å²) in [6.45, 7) is 0. The monoisotopic (exact) mass is 267 g/mol. The van der Waals surface area contributed by atoms with Gasteiger partial charge in [-0.25, -0.2) is 19.6 Å². The van der Waals surface area contributed by atoms with Gasteiger partial charge >= 0.3 is 0 Å². The maximum absolute atomic E-state index is 13.5. The highest BCUT2D eigenvalue weighted by Crippen LogP contribution is 2.28. The Morgan fingerprint density at radius 1 is 1.32 bits per heavy atom. The van der Waals surface area contributed by atoms with Crippen molar-refractivity contribution in [3.05, 3.63) is 36.0 Å². The van der Waals surface area contributed by atoms with Gasteiger partial charge in [0.2, 0.25) is 5.95 Å². The van der Waals surface area contributed by atoms with Crippen LogP contribution in [0.5, 0.6) is 5.75 Å². The lowest BCUT2D eigenvalue weighted by atomic mass is 10.3. The fourth-order valence-electron chi connectivity index (χ4n) is 1.42. The fraction of sp³-hybridized carbons (Fsp3) is 0.0909. The molecule has 1 heterocycles. The molecule has 0 unspecified atom stereocenters. The molecule has 1 aromatic carbocycles. The van der Waals surface area contributed by atoms with Crippen molar-refractivity contribution >= 4 is 17.5 Å².